The number of carbonyl (C=O) groups is 1. The van der Waals surface area contributed by atoms with E-state index < -0.39 is 0 Å². The number of benzene rings is 2. The topological polar surface area (TPSA) is 33.2 Å². The highest BCUT2D eigenvalue weighted by atomic mass is 32.2. The van der Waals surface area contributed by atoms with Gasteiger partial charge in [0.05, 0.1) is 16.5 Å². The maximum absolute atomic E-state index is 12.9. The molecule has 2 heterocycles. The highest BCUT2D eigenvalue weighted by Crippen LogP contribution is 2.38. The van der Waals surface area contributed by atoms with Gasteiger partial charge in [0, 0.05) is 11.6 Å². The van der Waals surface area contributed by atoms with Crippen molar-refractivity contribution in [1.29, 1.82) is 0 Å². The van der Waals surface area contributed by atoms with Crippen LogP contribution in [0.2, 0.25) is 0 Å². The Kier molecular flexibility index (Phi) is 4.57. The van der Waals surface area contributed by atoms with Crippen LogP contribution in [-0.2, 0) is 4.79 Å². The second-order valence-corrected chi connectivity index (χ2v) is 7.77. The summed E-state index contributed by atoms with van der Waals surface area (Å²) in [6.45, 7) is 2.00. The Morgan fingerprint density at radius 3 is 2.73 bits per heavy atom. The number of thioether (sulfide) groups is 1. The molecule has 2 aromatic carbocycles. The third-order valence-corrected chi connectivity index (χ3v) is 5.75. The molecule has 3 nitrogen and oxygen atoms in total. The van der Waals surface area contributed by atoms with E-state index in [2.05, 4.69) is 4.98 Å². The average molecular weight is 377 g/mol. The van der Waals surface area contributed by atoms with E-state index in [4.69, 9.17) is 12.2 Å². The number of hydrogen-bond acceptors (Lipinski definition) is 4. The van der Waals surface area contributed by atoms with Crippen LogP contribution in [0.3, 0.4) is 0 Å². The summed E-state index contributed by atoms with van der Waals surface area (Å²) in [4.78, 5) is 19.6. The number of pyridine rings is 1. The predicted octanol–water partition coefficient (Wildman–Crippen LogP) is 5.20. The molecule has 1 fully saturated rings. The monoisotopic (exact) mass is 376 g/mol. The maximum atomic E-state index is 12.9. The molecular weight excluding hydrogens is 360 g/mol. The summed E-state index contributed by atoms with van der Waals surface area (Å²) in [7, 11) is 0. The summed E-state index contributed by atoms with van der Waals surface area (Å²) in [6.07, 6.45) is 3.66. The molecule has 0 aliphatic carbocycles. The zero-order valence-electron chi connectivity index (χ0n) is 14.1. The van der Waals surface area contributed by atoms with Crippen molar-refractivity contribution in [2.45, 2.75) is 13.0 Å². The van der Waals surface area contributed by atoms with Crippen molar-refractivity contribution in [3.63, 3.8) is 0 Å². The molecule has 1 unspecified atom stereocenters. The van der Waals surface area contributed by atoms with Gasteiger partial charge in [0.25, 0.3) is 5.91 Å². The van der Waals surface area contributed by atoms with Crippen LogP contribution >= 0.6 is 24.0 Å². The SMILES string of the molecule is CC(c1ccccc1)N1C(=O)/C(=C/c2ccc3cccnc3c2)SC1=S. The number of hydrogen-bond donors (Lipinski definition) is 0. The number of aromatic nitrogens is 1. The predicted molar refractivity (Wildman–Crippen MR) is 112 cm³/mol. The first kappa shape index (κ1) is 16.9. The van der Waals surface area contributed by atoms with Crippen LogP contribution in [0.5, 0.6) is 0 Å². The van der Waals surface area contributed by atoms with Gasteiger partial charge in [0.1, 0.15) is 4.32 Å². The molecule has 4 rings (SSSR count). The molecule has 0 radical (unpaired) electrons. The minimum absolute atomic E-state index is 0.0440. The van der Waals surface area contributed by atoms with Gasteiger partial charge < -0.3 is 0 Å². The van der Waals surface area contributed by atoms with Gasteiger partial charge in [-0.25, -0.2) is 0 Å². The van der Waals surface area contributed by atoms with Crippen molar-refractivity contribution in [1.82, 2.24) is 9.88 Å². The van der Waals surface area contributed by atoms with Crippen LogP contribution in [0.4, 0.5) is 0 Å². The number of carbonyl (C=O) groups excluding carboxylic acids is 1. The largest absolute Gasteiger partial charge is 0.286 e. The summed E-state index contributed by atoms with van der Waals surface area (Å²) in [6, 6.07) is 19.8. The van der Waals surface area contributed by atoms with Crippen molar-refractivity contribution in [2.75, 3.05) is 0 Å². The van der Waals surface area contributed by atoms with Crippen LogP contribution < -0.4 is 0 Å². The first-order valence-electron chi connectivity index (χ1n) is 8.30. The number of rotatable bonds is 3. The molecule has 0 N–H and O–H groups in total. The molecule has 0 bridgehead atoms. The minimum Gasteiger partial charge on any atom is -0.286 e. The lowest BCUT2D eigenvalue weighted by Gasteiger charge is -2.23. The molecular formula is C21H16N2OS2. The van der Waals surface area contributed by atoms with Crippen molar-refractivity contribution < 1.29 is 4.79 Å². The third-order valence-electron chi connectivity index (χ3n) is 4.42. The molecule has 1 aliphatic rings. The normalized spacial score (nSPS) is 17.3. The van der Waals surface area contributed by atoms with Crippen LogP contribution in [-0.4, -0.2) is 20.1 Å². The number of thiocarbonyl (C=S) groups is 1. The second kappa shape index (κ2) is 7.02. The van der Waals surface area contributed by atoms with E-state index in [9.17, 15) is 4.79 Å². The minimum atomic E-state index is -0.0899. The molecule has 5 heteroatoms. The Hall–Kier alpha value is -2.50. The quantitative estimate of drug-likeness (QED) is 0.465. The number of fused-ring (bicyclic) bond motifs is 1. The first-order valence-corrected chi connectivity index (χ1v) is 9.53. The molecule has 0 saturated carbocycles. The van der Waals surface area contributed by atoms with Gasteiger partial charge in [-0.1, -0.05) is 72.5 Å². The summed E-state index contributed by atoms with van der Waals surface area (Å²) in [5.41, 5.74) is 2.93. The Morgan fingerprint density at radius 1 is 1.12 bits per heavy atom. The fourth-order valence-corrected chi connectivity index (χ4v) is 4.44. The maximum Gasteiger partial charge on any atom is 0.266 e. The molecule has 1 aromatic heterocycles. The Bertz CT molecular complexity index is 1030. The van der Waals surface area contributed by atoms with Gasteiger partial charge in [-0.15, -0.1) is 0 Å². The lowest BCUT2D eigenvalue weighted by Crippen LogP contribution is -2.30. The van der Waals surface area contributed by atoms with E-state index in [1.807, 2.05) is 73.7 Å². The first-order chi connectivity index (χ1) is 12.6. The lowest BCUT2D eigenvalue weighted by molar-refractivity contribution is -0.123. The van der Waals surface area contributed by atoms with Crippen LogP contribution in [0.1, 0.15) is 24.1 Å². The second-order valence-electron chi connectivity index (χ2n) is 6.09. The van der Waals surface area contributed by atoms with Gasteiger partial charge in [-0.05, 0) is 36.3 Å². The Morgan fingerprint density at radius 2 is 1.92 bits per heavy atom. The van der Waals surface area contributed by atoms with E-state index in [0.29, 0.717) is 9.23 Å². The van der Waals surface area contributed by atoms with Gasteiger partial charge in [-0.3, -0.25) is 14.7 Å². The summed E-state index contributed by atoms with van der Waals surface area (Å²) < 4.78 is 0.594. The molecule has 26 heavy (non-hydrogen) atoms. The van der Waals surface area contributed by atoms with Gasteiger partial charge in [0.2, 0.25) is 0 Å². The molecule has 1 saturated heterocycles. The summed E-state index contributed by atoms with van der Waals surface area (Å²) >= 11 is 6.83. The van der Waals surface area contributed by atoms with Gasteiger partial charge in [-0.2, -0.15) is 0 Å². The van der Waals surface area contributed by atoms with Crippen molar-refractivity contribution in [3.8, 4) is 0 Å². The Balaban J connectivity index is 1.64. The molecule has 1 amide bonds. The smallest absolute Gasteiger partial charge is 0.266 e. The average Bonchev–Trinajstić information content (AvgIpc) is 2.95. The van der Waals surface area contributed by atoms with Crippen molar-refractivity contribution >= 4 is 51.2 Å². The van der Waals surface area contributed by atoms with Crippen molar-refractivity contribution in [3.05, 3.63) is 82.9 Å². The van der Waals surface area contributed by atoms with E-state index in [1.54, 1.807) is 11.1 Å². The summed E-state index contributed by atoms with van der Waals surface area (Å²) in [5, 5.41) is 1.08. The van der Waals surface area contributed by atoms with E-state index in [0.717, 1.165) is 22.0 Å². The van der Waals surface area contributed by atoms with Crippen LogP contribution in [0.15, 0.2) is 71.8 Å². The molecule has 128 valence electrons. The lowest BCUT2D eigenvalue weighted by atomic mass is 10.1. The highest BCUT2D eigenvalue weighted by Gasteiger charge is 2.35. The van der Waals surface area contributed by atoms with Crippen molar-refractivity contribution in [2.24, 2.45) is 0 Å². The van der Waals surface area contributed by atoms with E-state index >= 15 is 0 Å². The molecule has 3 aromatic rings. The Labute approximate surface area is 161 Å². The fourth-order valence-electron chi connectivity index (χ4n) is 3.02. The summed E-state index contributed by atoms with van der Waals surface area (Å²) in [5.74, 6) is -0.0440. The van der Waals surface area contributed by atoms with Crippen LogP contribution in [0.25, 0.3) is 17.0 Å². The molecule has 0 spiro atoms. The fraction of sp³-hybridized carbons (Fsp3) is 0.0952. The highest BCUT2D eigenvalue weighted by molar-refractivity contribution is 8.26. The van der Waals surface area contributed by atoms with Gasteiger partial charge >= 0.3 is 0 Å². The van der Waals surface area contributed by atoms with E-state index in [1.165, 1.54) is 11.8 Å². The molecule has 1 atom stereocenters. The number of amides is 1. The third kappa shape index (κ3) is 3.16. The van der Waals surface area contributed by atoms with Gasteiger partial charge in [0.15, 0.2) is 0 Å². The number of nitrogens with zero attached hydrogens (tertiary/aromatic N) is 2. The zero-order valence-corrected chi connectivity index (χ0v) is 15.8. The van der Waals surface area contributed by atoms with E-state index in [-0.39, 0.29) is 11.9 Å². The molecule has 1 aliphatic heterocycles. The standard InChI is InChI=1S/C21H16N2OS2/c1-14(16-6-3-2-4-7-16)23-20(24)19(26-21(23)25)13-15-9-10-17-8-5-11-22-18(17)12-15/h2-14H,1H3/b19-13-. The van der Waals surface area contributed by atoms with Crippen LogP contribution in [0, 0.1) is 0 Å². The zero-order chi connectivity index (χ0) is 18.1.